The maximum absolute atomic E-state index is 11.6. The summed E-state index contributed by atoms with van der Waals surface area (Å²) in [5, 5.41) is 2.68. The van der Waals surface area contributed by atoms with E-state index in [-0.39, 0.29) is 31.2 Å². The molecule has 0 fully saturated rings. The summed E-state index contributed by atoms with van der Waals surface area (Å²) in [6, 6.07) is 0. The van der Waals surface area contributed by atoms with Crippen LogP contribution in [0.4, 0.5) is 0 Å². The third-order valence-electron chi connectivity index (χ3n) is 2.99. The van der Waals surface area contributed by atoms with Gasteiger partial charge in [0, 0.05) is 45.3 Å². The molecule has 0 bridgehead atoms. The first-order valence-corrected chi connectivity index (χ1v) is 7.38. The Hall–Kier alpha value is -2.26. The zero-order chi connectivity index (χ0) is 17.1. The predicted octanol–water partition coefficient (Wildman–Crippen LogP) is -1.53. The number of hydrazine groups is 1. The summed E-state index contributed by atoms with van der Waals surface area (Å²) in [6.07, 6.45) is 3.33. The van der Waals surface area contributed by atoms with E-state index in [1.54, 1.807) is 7.05 Å². The highest BCUT2D eigenvalue weighted by Gasteiger charge is 2.23. The van der Waals surface area contributed by atoms with Gasteiger partial charge in [-0.25, -0.2) is 5.43 Å². The van der Waals surface area contributed by atoms with Crippen LogP contribution < -0.4 is 16.2 Å². The summed E-state index contributed by atoms with van der Waals surface area (Å²) in [5.74, 6) is -1.16. The quantitative estimate of drug-likeness (QED) is 0.241. The van der Waals surface area contributed by atoms with Crippen LogP contribution in [0.25, 0.3) is 0 Å². The third-order valence-corrected chi connectivity index (χ3v) is 2.99. The highest BCUT2D eigenvalue weighted by molar-refractivity contribution is 6.13. The van der Waals surface area contributed by atoms with E-state index < -0.39 is 11.8 Å². The van der Waals surface area contributed by atoms with Crippen LogP contribution in [0, 0.1) is 0 Å². The maximum atomic E-state index is 11.6. The van der Waals surface area contributed by atoms with E-state index in [1.807, 2.05) is 0 Å². The molecule has 0 aromatic rings. The molecular weight excluding hydrogens is 304 g/mol. The van der Waals surface area contributed by atoms with Crippen molar-refractivity contribution in [2.24, 2.45) is 0 Å². The molecule has 0 saturated carbocycles. The molecule has 0 aromatic carbocycles. The second-order valence-corrected chi connectivity index (χ2v) is 4.78. The minimum Gasteiger partial charge on any atom is -0.381 e. The Morgan fingerprint density at radius 3 is 2.43 bits per heavy atom. The molecule has 0 atom stereocenters. The van der Waals surface area contributed by atoms with Crippen molar-refractivity contribution in [1.82, 2.24) is 21.1 Å². The zero-order valence-corrected chi connectivity index (χ0v) is 13.1. The van der Waals surface area contributed by atoms with E-state index in [1.165, 1.54) is 12.2 Å². The average molecular weight is 326 g/mol. The maximum Gasteiger partial charge on any atom is 0.253 e. The first-order chi connectivity index (χ1) is 11.0. The van der Waals surface area contributed by atoms with Crippen LogP contribution in [0.1, 0.15) is 19.3 Å². The molecule has 128 valence electrons. The molecule has 0 saturated heterocycles. The van der Waals surface area contributed by atoms with Crippen LogP contribution in [0.2, 0.25) is 0 Å². The van der Waals surface area contributed by atoms with Gasteiger partial charge in [0.1, 0.15) is 0 Å². The van der Waals surface area contributed by atoms with E-state index >= 15 is 0 Å². The Bertz CT molecular complexity index is 460. The van der Waals surface area contributed by atoms with Gasteiger partial charge in [-0.3, -0.25) is 29.5 Å². The van der Waals surface area contributed by atoms with Gasteiger partial charge in [0.25, 0.3) is 11.8 Å². The molecule has 0 aromatic heterocycles. The van der Waals surface area contributed by atoms with Crippen LogP contribution in [0.5, 0.6) is 0 Å². The van der Waals surface area contributed by atoms with Gasteiger partial charge in [0.15, 0.2) is 0 Å². The predicted molar refractivity (Wildman–Crippen MR) is 80.7 cm³/mol. The Labute approximate surface area is 134 Å². The number of hydrogen-bond donors (Lipinski definition) is 3. The summed E-state index contributed by atoms with van der Waals surface area (Å²) in [6.45, 7) is 1.25. The summed E-state index contributed by atoms with van der Waals surface area (Å²) in [4.78, 5) is 46.3. The van der Waals surface area contributed by atoms with Gasteiger partial charge < -0.3 is 10.1 Å². The Morgan fingerprint density at radius 1 is 1.09 bits per heavy atom. The van der Waals surface area contributed by atoms with Crippen molar-refractivity contribution < 1.29 is 23.9 Å². The van der Waals surface area contributed by atoms with Gasteiger partial charge in [0.2, 0.25) is 11.8 Å². The number of imide groups is 1. The molecule has 1 heterocycles. The van der Waals surface area contributed by atoms with Gasteiger partial charge in [0.05, 0.1) is 13.0 Å². The van der Waals surface area contributed by atoms with E-state index in [0.29, 0.717) is 26.2 Å². The highest BCUT2D eigenvalue weighted by Crippen LogP contribution is 2.03. The zero-order valence-electron chi connectivity index (χ0n) is 13.1. The Kier molecular flexibility index (Phi) is 8.55. The molecule has 1 aliphatic heterocycles. The van der Waals surface area contributed by atoms with Crippen LogP contribution in [0.15, 0.2) is 12.2 Å². The van der Waals surface area contributed by atoms with Gasteiger partial charge in [-0.2, -0.15) is 0 Å². The fourth-order valence-corrected chi connectivity index (χ4v) is 1.82. The Morgan fingerprint density at radius 2 is 1.78 bits per heavy atom. The number of nitrogens with one attached hydrogen (secondary N) is 3. The summed E-state index contributed by atoms with van der Waals surface area (Å²) in [5.41, 5.74) is 4.95. The minimum atomic E-state index is -0.390. The molecule has 0 unspecified atom stereocenters. The molecule has 4 amide bonds. The largest absolute Gasteiger partial charge is 0.381 e. The average Bonchev–Trinajstić information content (AvgIpc) is 2.83. The van der Waals surface area contributed by atoms with Crippen molar-refractivity contribution in [3.63, 3.8) is 0 Å². The second kappa shape index (κ2) is 10.5. The summed E-state index contributed by atoms with van der Waals surface area (Å²) in [7, 11) is 1.60. The van der Waals surface area contributed by atoms with Crippen molar-refractivity contribution in [3.8, 4) is 0 Å². The normalized spacial score (nSPS) is 13.5. The van der Waals surface area contributed by atoms with Crippen molar-refractivity contribution in [1.29, 1.82) is 0 Å². The van der Waals surface area contributed by atoms with E-state index in [2.05, 4.69) is 16.2 Å². The molecule has 9 nitrogen and oxygen atoms in total. The minimum absolute atomic E-state index is 0.0736. The number of ether oxygens (including phenoxy) is 1. The lowest BCUT2D eigenvalue weighted by atomic mass is 10.3. The van der Waals surface area contributed by atoms with Crippen molar-refractivity contribution in [2.75, 3.05) is 33.4 Å². The molecule has 3 N–H and O–H groups in total. The second-order valence-electron chi connectivity index (χ2n) is 4.78. The van der Waals surface area contributed by atoms with Crippen LogP contribution in [-0.4, -0.2) is 61.9 Å². The van der Waals surface area contributed by atoms with E-state index in [0.717, 1.165) is 4.90 Å². The number of rotatable bonds is 11. The lowest BCUT2D eigenvalue weighted by Gasteiger charge is -2.13. The molecule has 0 spiro atoms. The number of hydrogen-bond acceptors (Lipinski definition) is 6. The summed E-state index contributed by atoms with van der Waals surface area (Å²) < 4.78 is 5.26. The summed E-state index contributed by atoms with van der Waals surface area (Å²) >= 11 is 0. The lowest BCUT2D eigenvalue weighted by Crippen LogP contribution is -2.35. The number of carbonyl (C=O) groups excluding carboxylic acids is 4. The topological polar surface area (TPSA) is 117 Å². The lowest BCUT2D eigenvalue weighted by molar-refractivity contribution is -0.137. The van der Waals surface area contributed by atoms with Crippen molar-refractivity contribution in [2.45, 2.75) is 19.3 Å². The highest BCUT2D eigenvalue weighted by atomic mass is 16.5. The first-order valence-electron chi connectivity index (χ1n) is 7.38. The van der Waals surface area contributed by atoms with E-state index in [9.17, 15) is 19.2 Å². The fraction of sp³-hybridized carbons (Fsp3) is 0.571. The smallest absolute Gasteiger partial charge is 0.253 e. The molecular formula is C14H22N4O5. The van der Waals surface area contributed by atoms with Crippen LogP contribution >= 0.6 is 0 Å². The van der Waals surface area contributed by atoms with E-state index in [4.69, 9.17) is 4.74 Å². The number of nitrogens with zero attached hydrogens (tertiary/aromatic N) is 1. The molecule has 1 rings (SSSR count). The molecule has 9 heteroatoms. The SMILES string of the molecule is CNNC(=O)CCOCCCNC(=O)CCN1C(=O)C=CC1=O. The standard InChI is InChI=1S/C14H22N4O5/c1-15-17-12(20)6-10-23-9-2-7-16-11(19)5-8-18-13(21)3-4-14(18)22/h3-4,15H,2,5-10H2,1H3,(H,16,19)(H,17,20). The van der Waals surface area contributed by atoms with Gasteiger partial charge in [-0.15, -0.1) is 0 Å². The number of carbonyl (C=O) groups is 4. The van der Waals surface area contributed by atoms with Gasteiger partial charge in [-0.1, -0.05) is 0 Å². The Balaban J connectivity index is 1.97. The molecule has 0 radical (unpaired) electrons. The van der Waals surface area contributed by atoms with Gasteiger partial charge in [-0.05, 0) is 6.42 Å². The van der Waals surface area contributed by atoms with Crippen molar-refractivity contribution in [3.05, 3.63) is 12.2 Å². The monoisotopic (exact) mass is 326 g/mol. The molecule has 0 aliphatic carbocycles. The third kappa shape index (κ3) is 7.52. The van der Waals surface area contributed by atoms with Crippen LogP contribution in [0.3, 0.4) is 0 Å². The van der Waals surface area contributed by atoms with Crippen LogP contribution in [-0.2, 0) is 23.9 Å². The first kappa shape index (κ1) is 18.8. The number of amides is 4. The van der Waals surface area contributed by atoms with Gasteiger partial charge >= 0.3 is 0 Å². The fourth-order valence-electron chi connectivity index (χ4n) is 1.82. The van der Waals surface area contributed by atoms with Crippen molar-refractivity contribution >= 4 is 23.6 Å². The molecule has 23 heavy (non-hydrogen) atoms. The molecule has 1 aliphatic rings.